The van der Waals surface area contributed by atoms with Crippen molar-refractivity contribution in [3.8, 4) is 0 Å². The Morgan fingerprint density at radius 2 is 1.93 bits per heavy atom. The van der Waals surface area contributed by atoms with Crippen LogP contribution in [0.5, 0.6) is 0 Å². The van der Waals surface area contributed by atoms with E-state index in [4.69, 9.17) is 35.4 Å². The van der Waals surface area contributed by atoms with Gasteiger partial charge < -0.3 is 0 Å². The van der Waals surface area contributed by atoms with Gasteiger partial charge >= 0.3 is 0 Å². The van der Waals surface area contributed by atoms with Crippen LogP contribution in [0.3, 0.4) is 0 Å². The standard InChI is InChI=1S/C12H8Cl2S/c13-8-5-6-9(11(14)7-8)10-3-1-2-4-12(10)15/h1-7,10H. The zero-order valence-corrected chi connectivity index (χ0v) is 10.1. The molecule has 0 nitrogen and oxygen atoms in total. The Hall–Kier alpha value is -0.630. The average molecular weight is 255 g/mol. The van der Waals surface area contributed by atoms with Crippen molar-refractivity contribution >= 4 is 40.3 Å². The van der Waals surface area contributed by atoms with Gasteiger partial charge in [-0.3, -0.25) is 0 Å². The van der Waals surface area contributed by atoms with Crippen LogP contribution in [0, 0.1) is 0 Å². The number of hydrogen-bond donors (Lipinski definition) is 0. The molecule has 0 bridgehead atoms. The summed E-state index contributed by atoms with van der Waals surface area (Å²) in [6, 6.07) is 5.50. The second kappa shape index (κ2) is 4.48. The van der Waals surface area contributed by atoms with Crippen molar-refractivity contribution < 1.29 is 0 Å². The third-order valence-electron chi connectivity index (χ3n) is 2.28. The lowest BCUT2D eigenvalue weighted by atomic mass is 9.92. The van der Waals surface area contributed by atoms with Crippen LogP contribution in [0.15, 0.2) is 42.5 Å². The maximum Gasteiger partial charge on any atom is 0.0462 e. The lowest BCUT2D eigenvalue weighted by molar-refractivity contribution is 1.16. The van der Waals surface area contributed by atoms with Gasteiger partial charge in [-0.05, 0) is 23.8 Å². The largest absolute Gasteiger partial charge is 0.0843 e. The molecule has 0 fully saturated rings. The van der Waals surface area contributed by atoms with E-state index >= 15 is 0 Å². The number of rotatable bonds is 1. The summed E-state index contributed by atoms with van der Waals surface area (Å²) in [7, 11) is 0. The topological polar surface area (TPSA) is 0 Å². The van der Waals surface area contributed by atoms with Crippen molar-refractivity contribution in [1.29, 1.82) is 0 Å². The first-order chi connectivity index (χ1) is 7.18. The number of halogens is 2. The van der Waals surface area contributed by atoms with Crippen LogP contribution in [-0.4, -0.2) is 4.86 Å². The van der Waals surface area contributed by atoms with Gasteiger partial charge in [-0.2, -0.15) is 0 Å². The Morgan fingerprint density at radius 3 is 2.60 bits per heavy atom. The summed E-state index contributed by atoms with van der Waals surface area (Å²) >= 11 is 17.2. The van der Waals surface area contributed by atoms with Crippen LogP contribution in [0.1, 0.15) is 11.5 Å². The fourth-order valence-electron chi connectivity index (χ4n) is 1.53. The Balaban J connectivity index is 2.41. The van der Waals surface area contributed by atoms with E-state index in [1.54, 1.807) is 6.07 Å². The van der Waals surface area contributed by atoms with E-state index in [1.165, 1.54) is 0 Å². The monoisotopic (exact) mass is 254 g/mol. The maximum absolute atomic E-state index is 6.13. The molecule has 1 aliphatic carbocycles. The van der Waals surface area contributed by atoms with E-state index in [-0.39, 0.29) is 5.92 Å². The van der Waals surface area contributed by atoms with Crippen LogP contribution < -0.4 is 0 Å². The summed E-state index contributed by atoms with van der Waals surface area (Å²) in [4.78, 5) is 0.877. The summed E-state index contributed by atoms with van der Waals surface area (Å²) in [6.07, 6.45) is 7.87. The molecule has 0 heterocycles. The zero-order valence-electron chi connectivity index (χ0n) is 7.78. The molecule has 1 aliphatic rings. The molecule has 0 aliphatic heterocycles. The van der Waals surface area contributed by atoms with Crippen molar-refractivity contribution in [2.45, 2.75) is 5.92 Å². The van der Waals surface area contributed by atoms with Crippen molar-refractivity contribution in [2.24, 2.45) is 0 Å². The molecule has 0 spiro atoms. The summed E-state index contributed by atoms with van der Waals surface area (Å²) in [5.74, 6) is 0.0924. The molecule has 3 heteroatoms. The maximum atomic E-state index is 6.13. The normalized spacial score (nSPS) is 19.6. The third-order valence-corrected chi connectivity index (χ3v) is 3.23. The van der Waals surface area contributed by atoms with E-state index in [0.717, 1.165) is 10.4 Å². The molecule has 0 amide bonds. The summed E-state index contributed by atoms with van der Waals surface area (Å²) in [6.45, 7) is 0. The molecular weight excluding hydrogens is 247 g/mol. The first-order valence-electron chi connectivity index (χ1n) is 4.52. The number of hydrogen-bond acceptors (Lipinski definition) is 1. The third kappa shape index (κ3) is 2.31. The molecule has 0 N–H and O–H groups in total. The van der Waals surface area contributed by atoms with Crippen LogP contribution in [0.4, 0.5) is 0 Å². The Kier molecular flexibility index (Phi) is 3.25. The van der Waals surface area contributed by atoms with Crippen molar-refractivity contribution in [2.75, 3.05) is 0 Å². The highest BCUT2D eigenvalue weighted by Crippen LogP contribution is 2.31. The molecule has 0 radical (unpaired) electrons. The summed E-state index contributed by atoms with van der Waals surface area (Å²) in [5.41, 5.74) is 1.01. The number of allylic oxidation sites excluding steroid dienone is 4. The predicted molar refractivity (Wildman–Crippen MR) is 70.1 cm³/mol. The molecule has 15 heavy (non-hydrogen) atoms. The van der Waals surface area contributed by atoms with Gasteiger partial charge in [0, 0.05) is 20.8 Å². The first-order valence-corrected chi connectivity index (χ1v) is 5.68. The predicted octanol–water partition coefficient (Wildman–Crippen LogP) is 4.57. The SMILES string of the molecule is S=C1C=CC=CC1c1ccc(Cl)cc1Cl. The van der Waals surface area contributed by atoms with Gasteiger partial charge in [-0.25, -0.2) is 0 Å². The van der Waals surface area contributed by atoms with Gasteiger partial charge in [0.15, 0.2) is 0 Å². The molecule has 1 atom stereocenters. The second-order valence-corrected chi connectivity index (χ2v) is 4.60. The van der Waals surface area contributed by atoms with Crippen LogP contribution in [0.2, 0.25) is 10.0 Å². The van der Waals surface area contributed by atoms with E-state index in [1.807, 2.05) is 36.4 Å². The molecule has 1 unspecified atom stereocenters. The van der Waals surface area contributed by atoms with Crippen molar-refractivity contribution in [1.82, 2.24) is 0 Å². The minimum atomic E-state index is 0.0924. The lowest BCUT2D eigenvalue weighted by Crippen LogP contribution is -2.07. The van der Waals surface area contributed by atoms with Crippen LogP contribution in [0.25, 0.3) is 0 Å². The molecular formula is C12H8Cl2S. The van der Waals surface area contributed by atoms with Gasteiger partial charge in [0.2, 0.25) is 0 Å². The van der Waals surface area contributed by atoms with E-state index < -0.39 is 0 Å². The van der Waals surface area contributed by atoms with Gasteiger partial charge in [0.25, 0.3) is 0 Å². The van der Waals surface area contributed by atoms with E-state index in [2.05, 4.69) is 0 Å². The first kappa shape index (κ1) is 10.9. The molecule has 0 aromatic heterocycles. The smallest absolute Gasteiger partial charge is 0.0462 e. The Labute approximate surface area is 104 Å². The van der Waals surface area contributed by atoms with Gasteiger partial charge in [-0.1, -0.05) is 59.7 Å². The second-order valence-electron chi connectivity index (χ2n) is 3.29. The van der Waals surface area contributed by atoms with Crippen LogP contribution in [-0.2, 0) is 0 Å². The van der Waals surface area contributed by atoms with Gasteiger partial charge in [0.1, 0.15) is 0 Å². The zero-order chi connectivity index (χ0) is 10.8. The quantitative estimate of drug-likeness (QED) is 0.662. The molecule has 0 saturated heterocycles. The van der Waals surface area contributed by atoms with E-state index in [9.17, 15) is 0 Å². The molecule has 1 aromatic rings. The number of thiocarbonyl (C=S) groups is 1. The summed E-state index contributed by atoms with van der Waals surface area (Å²) in [5, 5.41) is 1.31. The van der Waals surface area contributed by atoms with Crippen molar-refractivity contribution in [3.05, 3.63) is 58.1 Å². The Bertz CT molecular complexity index is 461. The van der Waals surface area contributed by atoms with Crippen LogP contribution >= 0.6 is 35.4 Å². The highest BCUT2D eigenvalue weighted by atomic mass is 35.5. The van der Waals surface area contributed by atoms with Gasteiger partial charge in [-0.15, -0.1) is 0 Å². The number of benzene rings is 1. The minimum Gasteiger partial charge on any atom is -0.0843 e. The molecule has 76 valence electrons. The average Bonchev–Trinajstić information content (AvgIpc) is 2.20. The molecule has 1 aromatic carbocycles. The minimum absolute atomic E-state index is 0.0924. The molecule has 0 saturated carbocycles. The van der Waals surface area contributed by atoms with Gasteiger partial charge in [0.05, 0.1) is 0 Å². The van der Waals surface area contributed by atoms with E-state index in [0.29, 0.717) is 10.0 Å². The highest BCUT2D eigenvalue weighted by molar-refractivity contribution is 7.80. The highest BCUT2D eigenvalue weighted by Gasteiger charge is 2.16. The fraction of sp³-hybridized carbons (Fsp3) is 0.0833. The van der Waals surface area contributed by atoms with Crippen molar-refractivity contribution in [3.63, 3.8) is 0 Å². The lowest BCUT2D eigenvalue weighted by Gasteiger charge is -2.16. The molecule has 2 rings (SSSR count). The Morgan fingerprint density at radius 1 is 1.13 bits per heavy atom. The fourth-order valence-corrected chi connectivity index (χ4v) is 2.34. The summed E-state index contributed by atoms with van der Waals surface area (Å²) < 4.78 is 0.